The number of likely N-dealkylation sites (tertiary alicyclic amines) is 1. The molecule has 0 bridgehead atoms. The van der Waals surface area contributed by atoms with Gasteiger partial charge in [0.25, 0.3) is 5.91 Å². The Balaban J connectivity index is 1.72. The zero-order valence-corrected chi connectivity index (χ0v) is 17.1. The van der Waals surface area contributed by atoms with Crippen molar-refractivity contribution < 1.29 is 14.3 Å². The van der Waals surface area contributed by atoms with Gasteiger partial charge in [-0.25, -0.2) is 4.98 Å². The summed E-state index contributed by atoms with van der Waals surface area (Å²) in [7, 11) is 1.67. The first-order valence-electron chi connectivity index (χ1n) is 9.16. The van der Waals surface area contributed by atoms with Crippen molar-refractivity contribution in [1.82, 2.24) is 20.5 Å². The number of nitrogens with one attached hydrogen (secondary N) is 3. The maximum atomic E-state index is 12.7. The molecule has 0 atom stereocenters. The van der Waals surface area contributed by atoms with Crippen LogP contribution >= 0.6 is 11.3 Å². The van der Waals surface area contributed by atoms with E-state index in [1.165, 1.54) is 22.4 Å². The van der Waals surface area contributed by atoms with Crippen LogP contribution in [0.4, 0.5) is 0 Å². The highest BCUT2D eigenvalue weighted by Crippen LogP contribution is 2.31. The van der Waals surface area contributed by atoms with Gasteiger partial charge in [-0.15, -0.1) is 11.3 Å². The van der Waals surface area contributed by atoms with Crippen LogP contribution < -0.4 is 10.6 Å². The van der Waals surface area contributed by atoms with E-state index in [4.69, 9.17) is 10.1 Å². The van der Waals surface area contributed by atoms with Crippen molar-refractivity contribution >= 4 is 34.6 Å². The highest BCUT2D eigenvalue weighted by molar-refractivity contribution is 7.11. The van der Waals surface area contributed by atoms with E-state index >= 15 is 0 Å². The van der Waals surface area contributed by atoms with Crippen LogP contribution in [0.5, 0.6) is 0 Å². The molecule has 1 fully saturated rings. The molecule has 150 valence electrons. The van der Waals surface area contributed by atoms with Crippen molar-refractivity contribution in [1.29, 1.82) is 5.41 Å². The summed E-state index contributed by atoms with van der Waals surface area (Å²) in [5.74, 6) is -0.552. The summed E-state index contributed by atoms with van der Waals surface area (Å²) >= 11 is 1.41. The number of nitrogens with zero attached hydrogens (tertiary/aromatic N) is 2. The number of rotatable bonds is 5. The number of amidine groups is 1. The van der Waals surface area contributed by atoms with Gasteiger partial charge >= 0.3 is 0 Å². The van der Waals surface area contributed by atoms with Gasteiger partial charge in [0.2, 0.25) is 5.91 Å². The topological polar surface area (TPSA) is 107 Å². The SMILES string of the molecule is CN/C=C(/NC(=O)c1csc(C2=CCOCC2)n1)C(=N)N1CCC(C)(C)C1=O. The van der Waals surface area contributed by atoms with E-state index in [1.807, 2.05) is 19.9 Å². The molecule has 3 rings (SSSR count). The van der Waals surface area contributed by atoms with E-state index in [-0.39, 0.29) is 23.1 Å². The first-order valence-corrected chi connectivity index (χ1v) is 10.0. The fourth-order valence-electron chi connectivity index (χ4n) is 3.07. The van der Waals surface area contributed by atoms with Crippen LogP contribution in [0.15, 0.2) is 23.4 Å². The molecule has 0 radical (unpaired) electrons. The smallest absolute Gasteiger partial charge is 0.275 e. The molecular formula is C19H25N5O3S. The summed E-state index contributed by atoms with van der Waals surface area (Å²) in [5, 5.41) is 16.5. The number of hydrogen-bond donors (Lipinski definition) is 3. The van der Waals surface area contributed by atoms with Crippen LogP contribution in [0.3, 0.4) is 0 Å². The number of thiazole rings is 1. The minimum Gasteiger partial charge on any atom is -0.392 e. The zero-order chi connectivity index (χ0) is 20.3. The maximum Gasteiger partial charge on any atom is 0.275 e. The lowest BCUT2D eigenvalue weighted by molar-refractivity contribution is -0.131. The molecule has 9 heteroatoms. The molecule has 0 aromatic carbocycles. The number of ether oxygens (including phenoxy) is 1. The van der Waals surface area contributed by atoms with E-state index in [0.29, 0.717) is 26.2 Å². The van der Waals surface area contributed by atoms with Crippen LogP contribution in [0, 0.1) is 10.8 Å². The summed E-state index contributed by atoms with van der Waals surface area (Å²) in [6.07, 6.45) is 4.93. The van der Waals surface area contributed by atoms with Crippen molar-refractivity contribution in [3.63, 3.8) is 0 Å². The molecule has 8 nitrogen and oxygen atoms in total. The molecule has 0 aliphatic carbocycles. The molecule has 28 heavy (non-hydrogen) atoms. The highest BCUT2D eigenvalue weighted by Gasteiger charge is 2.41. The van der Waals surface area contributed by atoms with Gasteiger partial charge in [0, 0.05) is 30.6 Å². The second kappa shape index (κ2) is 8.24. The summed E-state index contributed by atoms with van der Waals surface area (Å²) in [4.78, 5) is 31.0. The van der Waals surface area contributed by atoms with Gasteiger partial charge in [-0.2, -0.15) is 0 Å². The van der Waals surface area contributed by atoms with Gasteiger partial charge in [0.1, 0.15) is 10.7 Å². The number of carbonyl (C=O) groups excluding carboxylic acids is 2. The molecule has 1 saturated heterocycles. The maximum absolute atomic E-state index is 12.7. The Bertz CT molecular complexity index is 856. The van der Waals surface area contributed by atoms with Gasteiger partial charge in [0.05, 0.1) is 18.9 Å². The van der Waals surface area contributed by atoms with E-state index in [1.54, 1.807) is 12.4 Å². The van der Waals surface area contributed by atoms with Crippen LogP contribution in [0.2, 0.25) is 0 Å². The second-order valence-corrected chi connectivity index (χ2v) is 8.19. The van der Waals surface area contributed by atoms with Gasteiger partial charge in [-0.1, -0.05) is 19.9 Å². The normalized spacial score (nSPS) is 19.4. The Hall–Kier alpha value is -2.52. The summed E-state index contributed by atoms with van der Waals surface area (Å²) in [6, 6.07) is 0. The molecule has 3 N–H and O–H groups in total. The third-order valence-electron chi connectivity index (χ3n) is 4.82. The predicted octanol–water partition coefficient (Wildman–Crippen LogP) is 1.97. The molecule has 2 amide bonds. The van der Waals surface area contributed by atoms with Crippen molar-refractivity contribution in [3.05, 3.63) is 34.1 Å². The molecule has 0 spiro atoms. The van der Waals surface area contributed by atoms with Crippen LogP contribution in [0.1, 0.15) is 42.2 Å². The van der Waals surface area contributed by atoms with Crippen LogP contribution in [-0.4, -0.2) is 54.3 Å². The Morgan fingerprint density at radius 3 is 2.86 bits per heavy atom. The minimum atomic E-state index is -0.498. The zero-order valence-electron chi connectivity index (χ0n) is 16.3. The van der Waals surface area contributed by atoms with E-state index < -0.39 is 11.3 Å². The minimum absolute atomic E-state index is 0.0270. The second-order valence-electron chi connectivity index (χ2n) is 7.33. The van der Waals surface area contributed by atoms with Crippen LogP contribution in [0.25, 0.3) is 5.57 Å². The van der Waals surface area contributed by atoms with Crippen molar-refractivity contribution in [3.8, 4) is 0 Å². The number of carbonyl (C=O) groups is 2. The highest BCUT2D eigenvalue weighted by atomic mass is 32.1. The first-order chi connectivity index (χ1) is 13.3. The molecular weight excluding hydrogens is 378 g/mol. The largest absolute Gasteiger partial charge is 0.392 e. The molecule has 3 heterocycles. The van der Waals surface area contributed by atoms with Crippen LogP contribution in [-0.2, 0) is 9.53 Å². The third-order valence-corrected chi connectivity index (χ3v) is 5.74. The molecule has 1 aromatic rings. The van der Waals surface area contributed by atoms with Crippen molar-refractivity contribution in [2.24, 2.45) is 5.41 Å². The standard InChI is InChI=1S/C19H25N5O3S/c1-19(2)6-7-24(18(19)26)15(20)13(10-21-3)22-16(25)14-11-28-17(23-14)12-4-8-27-9-5-12/h4,10-11,20-21H,5-9H2,1-3H3,(H,22,25)/b13-10+,20-15?. The lowest BCUT2D eigenvalue weighted by atomic mass is 9.92. The fourth-order valence-corrected chi connectivity index (χ4v) is 3.94. The summed E-state index contributed by atoms with van der Waals surface area (Å²) < 4.78 is 5.30. The first kappa shape index (κ1) is 20.2. The van der Waals surface area contributed by atoms with Crippen molar-refractivity contribution in [2.45, 2.75) is 26.7 Å². The Labute approximate surface area is 168 Å². The molecule has 2 aliphatic rings. The van der Waals surface area contributed by atoms with Gasteiger partial charge in [-0.05, 0) is 18.4 Å². The van der Waals surface area contributed by atoms with Gasteiger partial charge < -0.3 is 15.4 Å². The third kappa shape index (κ3) is 4.15. The Kier molecular flexibility index (Phi) is 5.95. The average molecular weight is 404 g/mol. The average Bonchev–Trinajstić information content (AvgIpc) is 3.27. The number of hydrogen-bond acceptors (Lipinski definition) is 7. The quantitative estimate of drug-likeness (QED) is 0.515. The fraction of sp³-hybridized carbons (Fsp3) is 0.474. The number of amides is 2. The monoisotopic (exact) mass is 403 g/mol. The lowest BCUT2D eigenvalue weighted by Crippen LogP contribution is -2.41. The van der Waals surface area contributed by atoms with Gasteiger partial charge in [0.15, 0.2) is 5.84 Å². The van der Waals surface area contributed by atoms with Gasteiger partial charge in [-0.3, -0.25) is 19.9 Å². The Morgan fingerprint density at radius 2 is 2.25 bits per heavy atom. The number of aromatic nitrogens is 1. The van der Waals surface area contributed by atoms with E-state index in [9.17, 15) is 9.59 Å². The van der Waals surface area contributed by atoms with Crippen molar-refractivity contribution in [2.75, 3.05) is 26.8 Å². The summed E-state index contributed by atoms with van der Waals surface area (Å²) in [5.41, 5.74) is 1.11. The molecule has 0 unspecified atom stereocenters. The van der Waals surface area contributed by atoms with E-state index in [2.05, 4.69) is 15.6 Å². The Morgan fingerprint density at radius 1 is 1.46 bits per heavy atom. The molecule has 2 aliphatic heterocycles. The molecule has 0 saturated carbocycles. The van der Waals surface area contributed by atoms with E-state index in [0.717, 1.165) is 17.0 Å². The lowest BCUT2D eigenvalue weighted by Gasteiger charge is -2.22. The predicted molar refractivity (Wildman–Crippen MR) is 108 cm³/mol. The molecule has 1 aromatic heterocycles. The summed E-state index contributed by atoms with van der Waals surface area (Å²) in [6.45, 7) is 5.40.